The van der Waals surface area contributed by atoms with Crippen LogP contribution < -0.4 is 0 Å². The van der Waals surface area contributed by atoms with Crippen LogP contribution in [0, 0.1) is 0 Å². The average molecular weight is 299 g/mol. The van der Waals surface area contributed by atoms with E-state index in [1.165, 1.54) is 63.2 Å². The number of ether oxygens (including phenoxy) is 1. The van der Waals surface area contributed by atoms with E-state index in [1.54, 1.807) is 7.05 Å². The smallest absolute Gasteiger partial charge is 0.325 e. The van der Waals surface area contributed by atoms with Crippen molar-refractivity contribution in [2.24, 2.45) is 0 Å². The topological polar surface area (TPSA) is 46.6 Å². The molecule has 0 radical (unpaired) electrons. The summed E-state index contributed by atoms with van der Waals surface area (Å²) in [4.78, 5) is 23.7. The Morgan fingerprint density at radius 2 is 1.33 bits per heavy atom. The first-order valence-electron chi connectivity index (χ1n) is 8.45. The van der Waals surface area contributed by atoms with Crippen LogP contribution >= 0.6 is 0 Å². The Balaban J connectivity index is 3.25. The fourth-order valence-corrected chi connectivity index (χ4v) is 2.13. The van der Waals surface area contributed by atoms with Gasteiger partial charge in [0.2, 0.25) is 5.91 Å². The molecule has 0 saturated heterocycles. The Morgan fingerprint density at radius 3 is 1.81 bits per heavy atom. The van der Waals surface area contributed by atoms with Crippen LogP contribution in [0.25, 0.3) is 0 Å². The van der Waals surface area contributed by atoms with Crippen LogP contribution in [0.4, 0.5) is 0 Å². The van der Waals surface area contributed by atoms with E-state index in [0.29, 0.717) is 6.61 Å². The predicted molar refractivity (Wildman–Crippen MR) is 86.1 cm³/mol. The third kappa shape index (κ3) is 13.7. The molecule has 1 amide bonds. The number of hydrogen-bond acceptors (Lipinski definition) is 3. The standard InChI is InChI=1S/C17H33NO3/c1-4-5-6-7-8-9-10-11-12-13-14-21-17(20)15-18(3)16(2)19/h4-15H2,1-3H3. The van der Waals surface area contributed by atoms with Crippen molar-refractivity contribution < 1.29 is 14.3 Å². The minimum absolute atomic E-state index is 0.0487. The van der Waals surface area contributed by atoms with Gasteiger partial charge in [0.1, 0.15) is 6.54 Å². The van der Waals surface area contributed by atoms with Crippen LogP contribution in [0.2, 0.25) is 0 Å². The van der Waals surface area contributed by atoms with Crippen LogP contribution in [0.3, 0.4) is 0 Å². The SMILES string of the molecule is CCCCCCCCCCCCOC(=O)CN(C)C(C)=O. The summed E-state index contributed by atoms with van der Waals surface area (Å²) in [5.74, 6) is -0.436. The summed E-state index contributed by atoms with van der Waals surface area (Å²) in [6.45, 7) is 4.20. The highest BCUT2D eigenvalue weighted by Gasteiger charge is 2.09. The number of rotatable bonds is 13. The van der Waals surface area contributed by atoms with Crippen molar-refractivity contribution in [2.45, 2.75) is 78.1 Å². The van der Waals surface area contributed by atoms with E-state index in [-0.39, 0.29) is 18.4 Å². The number of hydrogen-bond donors (Lipinski definition) is 0. The lowest BCUT2D eigenvalue weighted by molar-refractivity contribution is -0.148. The van der Waals surface area contributed by atoms with E-state index in [2.05, 4.69) is 6.92 Å². The molecule has 0 atom stereocenters. The van der Waals surface area contributed by atoms with Crippen molar-refractivity contribution in [3.63, 3.8) is 0 Å². The van der Waals surface area contributed by atoms with Crippen molar-refractivity contribution in [3.8, 4) is 0 Å². The molecule has 0 rings (SSSR count). The number of esters is 1. The molecule has 0 aliphatic rings. The molecule has 0 aliphatic carbocycles. The zero-order valence-electron chi connectivity index (χ0n) is 14.2. The van der Waals surface area contributed by atoms with Crippen molar-refractivity contribution in [2.75, 3.05) is 20.2 Å². The quantitative estimate of drug-likeness (QED) is 0.382. The number of likely N-dealkylation sites (N-methyl/N-ethyl adjacent to an activating group) is 1. The van der Waals surface area contributed by atoms with Gasteiger partial charge >= 0.3 is 5.97 Å². The van der Waals surface area contributed by atoms with Gasteiger partial charge in [0.25, 0.3) is 0 Å². The number of unbranched alkanes of at least 4 members (excludes halogenated alkanes) is 9. The minimum atomic E-state index is -0.316. The normalized spacial score (nSPS) is 10.4. The van der Waals surface area contributed by atoms with Gasteiger partial charge in [-0.15, -0.1) is 0 Å². The van der Waals surface area contributed by atoms with Gasteiger partial charge < -0.3 is 9.64 Å². The molecule has 0 unspecified atom stereocenters. The first-order valence-corrected chi connectivity index (χ1v) is 8.45. The van der Waals surface area contributed by atoms with Crippen molar-refractivity contribution in [1.29, 1.82) is 0 Å². The number of carbonyl (C=O) groups excluding carboxylic acids is 2. The first kappa shape index (κ1) is 19.9. The molecule has 21 heavy (non-hydrogen) atoms. The highest BCUT2D eigenvalue weighted by molar-refractivity contribution is 5.80. The van der Waals surface area contributed by atoms with Crippen LogP contribution in [0.15, 0.2) is 0 Å². The van der Waals surface area contributed by atoms with Gasteiger partial charge in [-0.05, 0) is 6.42 Å². The van der Waals surface area contributed by atoms with Gasteiger partial charge in [0, 0.05) is 14.0 Å². The largest absolute Gasteiger partial charge is 0.464 e. The number of nitrogens with zero attached hydrogens (tertiary/aromatic N) is 1. The Hall–Kier alpha value is -1.06. The lowest BCUT2D eigenvalue weighted by Crippen LogP contribution is -2.31. The van der Waals surface area contributed by atoms with Gasteiger partial charge in [0.15, 0.2) is 0 Å². The highest BCUT2D eigenvalue weighted by Crippen LogP contribution is 2.10. The molecule has 0 spiro atoms. The van der Waals surface area contributed by atoms with E-state index >= 15 is 0 Å². The lowest BCUT2D eigenvalue weighted by Gasteiger charge is -2.13. The molecule has 0 fully saturated rings. The number of carbonyl (C=O) groups is 2. The zero-order chi connectivity index (χ0) is 15.9. The molecular formula is C17H33NO3. The average Bonchev–Trinajstić information content (AvgIpc) is 2.44. The summed E-state index contributed by atoms with van der Waals surface area (Å²) < 4.78 is 5.10. The first-order chi connectivity index (χ1) is 10.1. The van der Waals surface area contributed by atoms with Crippen molar-refractivity contribution in [1.82, 2.24) is 4.90 Å². The second-order valence-electron chi connectivity index (χ2n) is 5.78. The van der Waals surface area contributed by atoms with E-state index in [0.717, 1.165) is 12.8 Å². The Bertz CT molecular complexity index is 279. The van der Waals surface area contributed by atoms with Gasteiger partial charge in [-0.2, -0.15) is 0 Å². The van der Waals surface area contributed by atoms with E-state index < -0.39 is 0 Å². The summed E-state index contributed by atoms with van der Waals surface area (Å²) in [6.07, 6.45) is 12.6. The van der Waals surface area contributed by atoms with E-state index in [4.69, 9.17) is 4.74 Å². The predicted octanol–water partition coefficient (Wildman–Crippen LogP) is 3.93. The Morgan fingerprint density at radius 1 is 0.857 bits per heavy atom. The van der Waals surface area contributed by atoms with E-state index in [1.807, 2.05) is 0 Å². The maximum Gasteiger partial charge on any atom is 0.325 e. The maximum absolute atomic E-state index is 11.4. The monoisotopic (exact) mass is 299 g/mol. The third-order valence-electron chi connectivity index (χ3n) is 3.66. The maximum atomic E-state index is 11.4. The Labute approximate surface area is 130 Å². The molecule has 0 heterocycles. The summed E-state index contributed by atoms with van der Waals surface area (Å²) in [5, 5.41) is 0. The third-order valence-corrected chi connectivity index (χ3v) is 3.66. The van der Waals surface area contributed by atoms with Crippen LogP contribution in [0.1, 0.15) is 78.1 Å². The summed E-state index contributed by atoms with van der Waals surface area (Å²) in [6, 6.07) is 0. The van der Waals surface area contributed by atoms with Gasteiger partial charge in [0.05, 0.1) is 6.61 Å². The lowest BCUT2D eigenvalue weighted by atomic mass is 10.1. The molecule has 4 nitrogen and oxygen atoms in total. The molecule has 0 aromatic carbocycles. The molecule has 4 heteroatoms. The highest BCUT2D eigenvalue weighted by atomic mass is 16.5. The van der Waals surface area contributed by atoms with Crippen LogP contribution in [0.5, 0.6) is 0 Å². The van der Waals surface area contributed by atoms with Crippen LogP contribution in [-0.2, 0) is 14.3 Å². The molecule has 0 aromatic heterocycles. The molecule has 0 saturated carbocycles. The zero-order valence-corrected chi connectivity index (χ0v) is 14.2. The molecule has 0 N–H and O–H groups in total. The van der Waals surface area contributed by atoms with E-state index in [9.17, 15) is 9.59 Å². The number of amides is 1. The van der Waals surface area contributed by atoms with Gasteiger partial charge in [-0.25, -0.2) is 0 Å². The molecule has 0 bridgehead atoms. The molecule has 124 valence electrons. The second-order valence-corrected chi connectivity index (χ2v) is 5.78. The summed E-state index contributed by atoms with van der Waals surface area (Å²) in [5.41, 5.74) is 0. The summed E-state index contributed by atoms with van der Waals surface area (Å²) >= 11 is 0. The van der Waals surface area contributed by atoms with Gasteiger partial charge in [-0.3, -0.25) is 9.59 Å². The van der Waals surface area contributed by atoms with Gasteiger partial charge in [-0.1, -0.05) is 64.7 Å². The minimum Gasteiger partial charge on any atom is -0.464 e. The van der Waals surface area contributed by atoms with Crippen molar-refractivity contribution >= 4 is 11.9 Å². The second kappa shape index (κ2) is 13.9. The molecule has 0 aromatic rings. The fourth-order valence-electron chi connectivity index (χ4n) is 2.13. The van der Waals surface area contributed by atoms with Crippen LogP contribution in [-0.4, -0.2) is 37.0 Å². The summed E-state index contributed by atoms with van der Waals surface area (Å²) in [7, 11) is 1.60. The van der Waals surface area contributed by atoms with Crippen molar-refractivity contribution in [3.05, 3.63) is 0 Å². The Kier molecular flexibility index (Phi) is 13.2. The molecular weight excluding hydrogens is 266 g/mol. The fraction of sp³-hybridized carbons (Fsp3) is 0.882. The molecule has 0 aliphatic heterocycles.